The van der Waals surface area contributed by atoms with Gasteiger partial charge in [-0.1, -0.05) is 74.4 Å². The molecule has 3 aromatic carbocycles. The van der Waals surface area contributed by atoms with Crippen molar-refractivity contribution in [2.75, 3.05) is 0 Å². The third-order valence-corrected chi connectivity index (χ3v) is 7.48. The molecule has 0 saturated heterocycles. The number of allylic oxidation sites excluding steroid dienone is 2. The molecule has 3 aromatic rings. The minimum absolute atomic E-state index is 0.212. The van der Waals surface area contributed by atoms with Gasteiger partial charge >= 0.3 is 0 Å². The first-order valence-corrected chi connectivity index (χ1v) is 13.3. The maximum Gasteiger partial charge on any atom is 0.257 e. The maximum absolute atomic E-state index is 14.9. The molecular weight excluding hydrogens is 491 g/mol. The lowest BCUT2D eigenvalue weighted by Gasteiger charge is -2.28. The van der Waals surface area contributed by atoms with Crippen LogP contribution < -0.4 is 0 Å². The fourth-order valence-corrected chi connectivity index (χ4v) is 5.37. The van der Waals surface area contributed by atoms with Gasteiger partial charge in [-0.2, -0.15) is 0 Å². The third-order valence-electron chi connectivity index (χ3n) is 7.48. The Labute approximate surface area is 221 Å². The van der Waals surface area contributed by atoms with Gasteiger partial charge in [-0.3, -0.25) is 0 Å². The third kappa shape index (κ3) is 7.21. The Bertz CT molecular complexity index is 1240. The van der Waals surface area contributed by atoms with Gasteiger partial charge in [0.1, 0.15) is 17.5 Å². The molecule has 0 heterocycles. The zero-order valence-electron chi connectivity index (χ0n) is 21.6. The second-order valence-corrected chi connectivity index (χ2v) is 10.1. The van der Waals surface area contributed by atoms with Gasteiger partial charge in [-0.05, 0) is 90.5 Å². The Morgan fingerprint density at radius 1 is 0.789 bits per heavy atom. The molecule has 0 atom stereocenters. The SMILES string of the molecule is CCCC1CCC(c2ccc(-c3ccc(/C=C/c4cc(F)c(C/C=C/C(F)F)c(F)c4)c(F)c3)cc2)CC1. The molecule has 1 fully saturated rings. The Kier molecular flexibility index (Phi) is 9.54. The monoisotopic (exact) mass is 524 g/mol. The Hall–Kier alpha value is -3.21. The lowest BCUT2D eigenvalue weighted by atomic mass is 9.77. The molecule has 1 aliphatic rings. The summed E-state index contributed by atoms with van der Waals surface area (Å²) in [4.78, 5) is 0. The lowest BCUT2D eigenvalue weighted by molar-refractivity contribution is 0.204. The second kappa shape index (κ2) is 13.0. The first-order chi connectivity index (χ1) is 18.3. The van der Waals surface area contributed by atoms with Crippen LogP contribution in [0.25, 0.3) is 23.3 Å². The summed E-state index contributed by atoms with van der Waals surface area (Å²) < 4.78 is 67.9. The van der Waals surface area contributed by atoms with E-state index in [4.69, 9.17) is 0 Å². The van der Waals surface area contributed by atoms with Gasteiger partial charge < -0.3 is 0 Å². The second-order valence-electron chi connectivity index (χ2n) is 10.1. The van der Waals surface area contributed by atoms with E-state index in [1.165, 1.54) is 62.3 Å². The van der Waals surface area contributed by atoms with Gasteiger partial charge in [0.25, 0.3) is 6.43 Å². The standard InChI is InChI=1S/C33H33F5/c1-2-4-22-7-10-24(11-8-22)25-13-15-26(16-14-25)28-18-17-27(30(34)21-28)12-9-23-19-31(35)29(32(36)20-23)5-3-6-33(37)38/h3,6,9,12-22,24,33H,2,4-5,7-8,10-11H2,1H3/b6-3+,12-9+. The van der Waals surface area contributed by atoms with Crippen molar-refractivity contribution in [3.05, 3.63) is 106 Å². The van der Waals surface area contributed by atoms with Crippen LogP contribution in [0.1, 0.15) is 73.6 Å². The molecule has 38 heavy (non-hydrogen) atoms. The van der Waals surface area contributed by atoms with Gasteiger partial charge in [0, 0.05) is 11.1 Å². The Balaban J connectivity index is 1.42. The van der Waals surface area contributed by atoms with Crippen LogP contribution in [0.2, 0.25) is 0 Å². The fraction of sp³-hybridized carbons (Fsp3) is 0.333. The van der Waals surface area contributed by atoms with Crippen LogP contribution in [-0.2, 0) is 6.42 Å². The van der Waals surface area contributed by atoms with E-state index in [9.17, 15) is 22.0 Å². The molecule has 0 spiro atoms. The molecule has 5 heteroatoms. The van der Waals surface area contributed by atoms with Crippen molar-refractivity contribution in [1.29, 1.82) is 0 Å². The minimum Gasteiger partial charge on any atom is -0.207 e. The van der Waals surface area contributed by atoms with E-state index in [0.717, 1.165) is 35.3 Å². The molecule has 0 nitrogen and oxygen atoms in total. The molecule has 0 radical (unpaired) electrons. The van der Waals surface area contributed by atoms with E-state index in [1.807, 2.05) is 18.2 Å². The zero-order chi connectivity index (χ0) is 27.1. The molecular formula is C33H33F5. The lowest BCUT2D eigenvalue weighted by Crippen LogP contribution is -2.13. The summed E-state index contributed by atoms with van der Waals surface area (Å²) in [6.45, 7) is 2.25. The van der Waals surface area contributed by atoms with Gasteiger partial charge in [-0.25, -0.2) is 22.0 Å². The number of rotatable bonds is 9. The summed E-state index contributed by atoms with van der Waals surface area (Å²) >= 11 is 0. The molecule has 0 aromatic heterocycles. The minimum atomic E-state index is -2.68. The highest BCUT2D eigenvalue weighted by atomic mass is 19.3. The van der Waals surface area contributed by atoms with Crippen LogP contribution in [0.3, 0.4) is 0 Å². The zero-order valence-corrected chi connectivity index (χ0v) is 21.6. The van der Waals surface area contributed by atoms with Crippen molar-refractivity contribution in [2.24, 2.45) is 5.92 Å². The van der Waals surface area contributed by atoms with E-state index in [2.05, 4.69) is 19.1 Å². The highest BCUT2D eigenvalue weighted by molar-refractivity contribution is 5.72. The first-order valence-electron chi connectivity index (χ1n) is 13.3. The number of alkyl halides is 2. The average Bonchev–Trinajstić information content (AvgIpc) is 2.90. The summed E-state index contributed by atoms with van der Waals surface area (Å²) in [5.74, 6) is -0.648. The molecule has 1 aliphatic carbocycles. The van der Waals surface area contributed by atoms with Gasteiger partial charge in [0.15, 0.2) is 0 Å². The average molecular weight is 525 g/mol. The quantitative estimate of drug-likeness (QED) is 0.148. The Morgan fingerprint density at radius 3 is 2.05 bits per heavy atom. The van der Waals surface area contributed by atoms with E-state index in [-0.39, 0.29) is 17.5 Å². The molecule has 0 N–H and O–H groups in total. The van der Waals surface area contributed by atoms with Crippen molar-refractivity contribution in [2.45, 2.75) is 64.2 Å². The predicted molar refractivity (Wildman–Crippen MR) is 146 cm³/mol. The van der Waals surface area contributed by atoms with Gasteiger partial charge in [0.05, 0.1) is 0 Å². The molecule has 0 aliphatic heterocycles. The topological polar surface area (TPSA) is 0 Å². The number of halogens is 5. The van der Waals surface area contributed by atoms with Crippen LogP contribution in [-0.4, -0.2) is 6.43 Å². The largest absolute Gasteiger partial charge is 0.257 e. The van der Waals surface area contributed by atoms with E-state index in [1.54, 1.807) is 6.07 Å². The van der Waals surface area contributed by atoms with Crippen molar-refractivity contribution in [1.82, 2.24) is 0 Å². The number of hydrogen-bond acceptors (Lipinski definition) is 0. The highest BCUT2D eigenvalue weighted by Gasteiger charge is 2.21. The fourth-order valence-electron chi connectivity index (χ4n) is 5.37. The summed E-state index contributed by atoms with van der Waals surface area (Å²) in [5.41, 5.74) is 3.26. The van der Waals surface area contributed by atoms with Crippen molar-refractivity contribution in [3.63, 3.8) is 0 Å². The normalized spacial score (nSPS) is 18.2. The molecule has 1 saturated carbocycles. The van der Waals surface area contributed by atoms with Gasteiger partial charge in [-0.15, -0.1) is 0 Å². The number of benzene rings is 3. The van der Waals surface area contributed by atoms with Crippen LogP contribution in [0.15, 0.2) is 66.7 Å². The Morgan fingerprint density at radius 2 is 1.45 bits per heavy atom. The van der Waals surface area contributed by atoms with Crippen LogP contribution in [0, 0.1) is 23.4 Å². The maximum atomic E-state index is 14.9. The van der Waals surface area contributed by atoms with Crippen molar-refractivity contribution < 1.29 is 22.0 Å². The summed E-state index contributed by atoms with van der Waals surface area (Å²) in [7, 11) is 0. The summed E-state index contributed by atoms with van der Waals surface area (Å²) in [6.07, 6.45) is 9.18. The number of hydrogen-bond donors (Lipinski definition) is 0. The predicted octanol–water partition coefficient (Wildman–Crippen LogP) is 10.4. The summed E-state index contributed by atoms with van der Waals surface area (Å²) in [5, 5.41) is 0. The van der Waals surface area contributed by atoms with Crippen molar-refractivity contribution >= 4 is 12.2 Å². The van der Waals surface area contributed by atoms with Crippen LogP contribution >= 0.6 is 0 Å². The van der Waals surface area contributed by atoms with E-state index < -0.39 is 23.9 Å². The smallest absolute Gasteiger partial charge is 0.207 e. The van der Waals surface area contributed by atoms with Crippen molar-refractivity contribution in [3.8, 4) is 11.1 Å². The molecule has 0 amide bonds. The summed E-state index contributed by atoms with van der Waals surface area (Å²) in [6, 6.07) is 15.5. The molecule has 200 valence electrons. The van der Waals surface area contributed by atoms with E-state index >= 15 is 0 Å². The molecule has 4 rings (SSSR count). The molecule has 0 bridgehead atoms. The van der Waals surface area contributed by atoms with E-state index in [0.29, 0.717) is 17.6 Å². The van der Waals surface area contributed by atoms with Gasteiger partial charge in [0.2, 0.25) is 0 Å². The highest BCUT2D eigenvalue weighted by Crippen LogP contribution is 2.38. The molecule has 0 unspecified atom stereocenters. The first kappa shape index (κ1) is 27.8. The van der Waals surface area contributed by atoms with Crippen LogP contribution in [0.5, 0.6) is 0 Å². The van der Waals surface area contributed by atoms with Crippen LogP contribution in [0.4, 0.5) is 22.0 Å².